The van der Waals surface area contributed by atoms with Crippen LogP contribution in [0.15, 0.2) is 61.1 Å². The molecule has 180 valence electrons. The predicted molar refractivity (Wildman–Crippen MR) is 136 cm³/mol. The van der Waals surface area contributed by atoms with Crippen molar-refractivity contribution in [3.05, 3.63) is 77.7 Å². The van der Waals surface area contributed by atoms with Crippen molar-refractivity contribution in [1.82, 2.24) is 19.7 Å². The van der Waals surface area contributed by atoms with Gasteiger partial charge in [-0.25, -0.2) is 9.78 Å². The Kier molecular flexibility index (Phi) is 6.82. The number of aliphatic carboxylic acids is 1. The maximum Gasteiger partial charge on any atom is 0.326 e. The van der Waals surface area contributed by atoms with Crippen LogP contribution in [0.5, 0.6) is 0 Å². The number of hydrogen-bond donors (Lipinski definition) is 3. The molecule has 4 rings (SSSR count). The smallest absolute Gasteiger partial charge is 0.326 e. The van der Waals surface area contributed by atoms with E-state index in [4.69, 9.17) is 4.98 Å². The summed E-state index contributed by atoms with van der Waals surface area (Å²) in [6.45, 7) is 7.79. The molecule has 3 N–H and O–H groups in total. The Morgan fingerprint density at radius 1 is 1.11 bits per heavy atom. The van der Waals surface area contributed by atoms with Crippen LogP contribution < -0.4 is 10.6 Å². The van der Waals surface area contributed by atoms with E-state index in [1.807, 2.05) is 62.4 Å². The lowest BCUT2D eigenvalue weighted by Gasteiger charge is -2.20. The second-order valence-corrected chi connectivity index (χ2v) is 8.76. The van der Waals surface area contributed by atoms with Crippen molar-refractivity contribution in [2.45, 2.75) is 40.2 Å². The number of carboxylic acid groups (broad SMARTS) is 1. The maximum atomic E-state index is 12.9. The molecule has 3 heterocycles. The minimum Gasteiger partial charge on any atom is -0.480 e. The van der Waals surface area contributed by atoms with Gasteiger partial charge in [-0.3, -0.25) is 14.2 Å². The fourth-order valence-electron chi connectivity index (χ4n) is 4.05. The molecule has 0 aliphatic heterocycles. The summed E-state index contributed by atoms with van der Waals surface area (Å²) in [7, 11) is 0. The first-order valence-electron chi connectivity index (χ1n) is 11.6. The SMILES string of the molecule is CCC(C)C(NC(=O)c1ccn2c(Nc3c(C)cccc3C)c(-c3cccnc3)nc2c1)C(=O)O. The van der Waals surface area contributed by atoms with Gasteiger partial charge in [0.15, 0.2) is 0 Å². The highest BCUT2D eigenvalue weighted by Gasteiger charge is 2.26. The van der Waals surface area contributed by atoms with E-state index >= 15 is 0 Å². The summed E-state index contributed by atoms with van der Waals surface area (Å²) in [5, 5.41) is 15.7. The molecule has 0 spiro atoms. The van der Waals surface area contributed by atoms with Gasteiger partial charge in [0.1, 0.15) is 23.2 Å². The number of rotatable bonds is 8. The molecule has 2 unspecified atom stereocenters. The Hall–Kier alpha value is -4.20. The number of anilines is 2. The number of aromatic nitrogens is 3. The molecule has 35 heavy (non-hydrogen) atoms. The lowest BCUT2D eigenvalue weighted by molar-refractivity contribution is -0.140. The summed E-state index contributed by atoms with van der Waals surface area (Å²) in [5.74, 6) is -0.943. The van der Waals surface area contributed by atoms with E-state index < -0.39 is 17.9 Å². The summed E-state index contributed by atoms with van der Waals surface area (Å²) < 4.78 is 1.88. The summed E-state index contributed by atoms with van der Waals surface area (Å²) in [6, 6.07) is 12.3. The van der Waals surface area contributed by atoms with Crippen LogP contribution in [0.1, 0.15) is 41.8 Å². The number of para-hydroxylation sites is 1. The van der Waals surface area contributed by atoms with Crippen LogP contribution >= 0.6 is 0 Å². The van der Waals surface area contributed by atoms with Gasteiger partial charge in [0, 0.05) is 35.4 Å². The second kappa shape index (κ2) is 9.97. The number of aryl methyl sites for hydroxylation is 2. The van der Waals surface area contributed by atoms with Crippen molar-refractivity contribution in [3.63, 3.8) is 0 Å². The van der Waals surface area contributed by atoms with Gasteiger partial charge in [0.25, 0.3) is 5.91 Å². The predicted octanol–water partition coefficient (Wildman–Crippen LogP) is 4.99. The molecule has 8 heteroatoms. The molecule has 0 aliphatic carbocycles. The molecule has 0 bridgehead atoms. The monoisotopic (exact) mass is 471 g/mol. The molecule has 8 nitrogen and oxygen atoms in total. The van der Waals surface area contributed by atoms with Gasteiger partial charge in [0.05, 0.1) is 0 Å². The Morgan fingerprint density at radius 3 is 2.49 bits per heavy atom. The van der Waals surface area contributed by atoms with Crippen molar-refractivity contribution in [2.24, 2.45) is 5.92 Å². The zero-order chi connectivity index (χ0) is 25.1. The van der Waals surface area contributed by atoms with E-state index in [0.717, 1.165) is 28.2 Å². The number of pyridine rings is 2. The van der Waals surface area contributed by atoms with Gasteiger partial charge in [-0.1, -0.05) is 38.5 Å². The maximum absolute atomic E-state index is 12.9. The van der Waals surface area contributed by atoms with Crippen LogP contribution in [0.25, 0.3) is 16.9 Å². The number of carbonyl (C=O) groups excluding carboxylic acids is 1. The van der Waals surface area contributed by atoms with Crippen LogP contribution in [-0.2, 0) is 4.79 Å². The lowest BCUT2D eigenvalue weighted by Crippen LogP contribution is -2.45. The van der Waals surface area contributed by atoms with Gasteiger partial charge in [-0.2, -0.15) is 0 Å². The zero-order valence-corrected chi connectivity index (χ0v) is 20.2. The first kappa shape index (κ1) is 23.9. The van der Waals surface area contributed by atoms with Gasteiger partial charge in [0.2, 0.25) is 0 Å². The van der Waals surface area contributed by atoms with Crippen molar-refractivity contribution < 1.29 is 14.7 Å². The minimum absolute atomic E-state index is 0.197. The standard InChI is InChI=1S/C27H29N5O3/c1-5-16(2)23(27(34)35)31-26(33)19-11-13-32-21(14-19)29-24(20-10-7-12-28-15-20)25(32)30-22-17(3)8-6-9-18(22)4/h6-16,23,30H,5H2,1-4H3,(H,31,33)(H,34,35). The molecule has 4 aromatic rings. The Bertz CT molecular complexity index is 1360. The van der Waals surface area contributed by atoms with Gasteiger partial charge in [-0.05, 0) is 55.2 Å². The number of benzene rings is 1. The molecule has 0 saturated heterocycles. The summed E-state index contributed by atoms with van der Waals surface area (Å²) in [6.07, 6.45) is 5.86. The van der Waals surface area contributed by atoms with E-state index in [1.54, 1.807) is 30.7 Å². The van der Waals surface area contributed by atoms with Crippen LogP contribution in [0.4, 0.5) is 11.5 Å². The van der Waals surface area contributed by atoms with E-state index in [1.165, 1.54) is 0 Å². The van der Waals surface area contributed by atoms with Crippen LogP contribution in [0.2, 0.25) is 0 Å². The van der Waals surface area contributed by atoms with Crippen molar-refractivity contribution >= 4 is 29.0 Å². The summed E-state index contributed by atoms with van der Waals surface area (Å²) in [5.41, 5.74) is 5.60. The number of nitrogens with one attached hydrogen (secondary N) is 2. The van der Waals surface area contributed by atoms with Gasteiger partial charge < -0.3 is 15.7 Å². The number of carboxylic acids is 1. The molecule has 0 aliphatic rings. The number of nitrogens with zero attached hydrogens (tertiary/aromatic N) is 3. The third kappa shape index (κ3) is 4.87. The highest BCUT2D eigenvalue weighted by atomic mass is 16.4. The Balaban J connectivity index is 1.78. The number of amides is 1. The first-order valence-corrected chi connectivity index (χ1v) is 11.6. The lowest BCUT2D eigenvalue weighted by atomic mass is 9.99. The van der Waals surface area contributed by atoms with E-state index in [0.29, 0.717) is 23.3 Å². The number of hydrogen-bond acceptors (Lipinski definition) is 5. The number of fused-ring (bicyclic) bond motifs is 1. The quantitative estimate of drug-likeness (QED) is 0.334. The summed E-state index contributed by atoms with van der Waals surface area (Å²) >= 11 is 0. The van der Waals surface area contributed by atoms with Crippen LogP contribution in [0, 0.1) is 19.8 Å². The number of imidazole rings is 1. The number of carbonyl (C=O) groups is 2. The molecule has 3 aromatic heterocycles. The average Bonchev–Trinajstić information content (AvgIpc) is 3.22. The summed E-state index contributed by atoms with van der Waals surface area (Å²) in [4.78, 5) is 33.6. The zero-order valence-electron chi connectivity index (χ0n) is 20.2. The van der Waals surface area contributed by atoms with E-state index in [-0.39, 0.29) is 5.92 Å². The molecule has 2 atom stereocenters. The molecule has 1 amide bonds. The highest BCUT2D eigenvalue weighted by Crippen LogP contribution is 2.33. The van der Waals surface area contributed by atoms with Crippen molar-refractivity contribution in [2.75, 3.05) is 5.32 Å². The van der Waals surface area contributed by atoms with E-state index in [9.17, 15) is 14.7 Å². The second-order valence-electron chi connectivity index (χ2n) is 8.76. The van der Waals surface area contributed by atoms with Crippen LogP contribution in [0.3, 0.4) is 0 Å². The molecule has 1 aromatic carbocycles. The third-order valence-electron chi connectivity index (χ3n) is 6.31. The topological polar surface area (TPSA) is 109 Å². The fraction of sp³-hybridized carbons (Fsp3) is 0.259. The molecule has 0 radical (unpaired) electrons. The molecular weight excluding hydrogens is 442 g/mol. The van der Waals surface area contributed by atoms with Gasteiger partial charge in [-0.15, -0.1) is 0 Å². The van der Waals surface area contributed by atoms with Gasteiger partial charge >= 0.3 is 5.97 Å². The van der Waals surface area contributed by atoms with Crippen molar-refractivity contribution in [1.29, 1.82) is 0 Å². The highest BCUT2D eigenvalue weighted by molar-refractivity contribution is 5.97. The molecule has 0 fully saturated rings. The van der Waals surface area contributed by atoms with Crippen LogP contribution in [-0.4, -0.2) is 37.4 Å². The van der Waals surface area contributed by atoms with Crippen molar-refractivity contribution in [3.8, 4) is 11.3 Å². The largest absolute Gasteiger partial charge is 0.480 e. The third-order valence-corrected chi connectivity index (χ3v) is 6.31. The molecule has 0 saturated carbocycles. The first-order chi connectivity index (χ1) is 16.8. The normalized spacial score (nSPS) is 12.8. The minimum atomic E-state index is -1.05. The Morgan fingerprint density at radius 2 is 1.86 bits per heavy atom. The Labute approximate surface area is 204 Å². The molecular formula is C27H29N5O3. The average molecular weight is 472 g/mol. The fourth-order valence-corrected chi connectivity index (χ4v) is 4.05. The van der Waals surface area contributed by atoms with E-state index in [2.05, 4.69) is 15.6 Å².